The van der Waals surface area contributed by atoms with Crippen molar-refractivity contribution in [2.75, 3.05) is 7.11 Å². The molecule has 0 aliphatic heterocycles. The number of fused-ring (bicyclic) bond motifs is 1. The van der Waals surface area contributed by atoms with Gasteiger partial charge in [0.2, 0.25) is 0 Å². The van der Waals surface area contributed by atoms with Crippen molar-refractivity contribution in [2.24, 2.45) is 0 Å². The van der Waals surface area contributed by atoms with E-state index < -0.39 is 0 Å². The number of hydrogen-bond acceptors (Lipinski definition) is 3. The van der Waals surface area contributed by atoms with Crippen LogP contribution in [0.15, 0.2) is 48.3 Å². The first-order valence-corrected chi connectivity index (χ1v) is 5.58. The van der Waals surface area contributed by atoms with Crippen molar-refractivity contribution in [3.63, 3.8) is 0 Å². The summed E-state index contributed by atoms with van der Waals surface area (Å²) < 4.78 is 5.12. The molecule has 0 saturated heterocycles. The van der Waals surface area contributed by atoms with Crippen LogP contribution in [0.5, 0.6) is 5.75 Å². The lowest BCUT2D eigenvalue weighted by atomic mass is 10.1. The molecule has 1 N–H and O–H groups in total. The number of rotatable bonds is 2. The summed E-state index contributed by atoms with van der Waals surface area (Å²) in [5, 5.41) is 9.42. The van der Waals surface area contributed by atoms with Crippen LogP contribution in [0.3, 0.4) is 0 Å². The highest BCUT2D eigenvalue weighted by Gasteiger charge is 2.28. The van der Waals surface area contributed by atoms with Gasteiger partial charge in [-0.15, -0.1) is 0 Å². The minimum Gasteiger partial charge on any atom is -0.508 e. The molecule has 0 amide bonds. The lowest BCUT2D eigenvalue weighted by Gasteiger charge is -2.02. The first kappa shape index (κ1) is 12.2. The number of carbonyl (C=O) groups excluding carboxylic acids is 1. The summed E-state index contributed by atoms with van der Waals surface area (Å²) in [6.07, 6.45) is 3.44. The molecular weight excluding hydrogens is 228 g/mol. The van der Waals surface area contributed by atoms with Crippen LogP contribution in [-0.2, 0) is 4.74 Å². The Hall–Kier alpha value is -2.29. The van der Waals surface area contributed by atoms with Crippen molar-refractivity contribution < 1.29 is 14.6 Å². The van der Waals surface area contributed by atoms with Crippen LogP contribution in [0.25, 0.3) is 5.57 Å². The summed E-state index contributed by atoms with van der Waals surface area (Å²) in [6, 6.07) is 4.72. The van der Waals surface area contributed by atoms with Gasteiger partial charge < -0.3 is 9.84 Å². The van der Waals surface area contributed by atoms with E-state index >= 15 is 0 Å². The smallest absolute Gasteiger partial charge is 0.194 e. The third-order valence-electron chi connectivity index (χ3n) is 2.95. The van der Waals surface area contributed by atoms with Gasteiger partial charge in [0.1, 0.15) is 11.5 Å². The summed E-state index contributed by atoms with van der Waals surface area (Å²) in [5.74, 6) is 0.549. The van der Waals surface area contributed by atoms with E-state index in [1.807, 2.05) is 6.92 Å². The zero-order valence-corrected chi connectivity index (χ0v) is 10.4. The minimum absolute atomic E-state index is 0.0779. The molecule has 0 atom stereocenters. The van der Waals surface area contributed by atoms with Crippen molar-refractivity contribution in [1.82, 2.24) is 0 Å². The summed E-state index contributed by atoms with van der Waals surface area (Å²) in [5.41, 5.74) is 2.41. The molecule has 1 aromatic carbocycles. The van der Waals surface area contributed by atoms with Gasteiger partial charge in [0.25, 0.3) is 0 Å². The average molecular weight is 242 g/mol. The first-order chi connectivity index (χ1) is 8.58. The Balaban J connectivity index is 2.52. The number of aromatic hydroxyl groups is 1. The van der Waals surface area contributed by atoms with Crippen molar-refractivity contribution >= 4 is 11.4 Å². The van der Waals surface area contributed by atoms with Crippen molar-refractivity contribution in [3.05, 3.63) is 59.4 Å². The van der Waals surface area contributed by atoms with Crippen LogP contribution >= 0.6 is 0 Å². The van der Waals surface area contributed by atoms with E-state index in [2.05, 4.69) is 6.58 Å². The molecule has 18 heavy (non-hydrogen) atoms. The van der Waals surface area contributed by atoms with Gasteiger partial charge in [-0.3, -0.25) is 4.79 Å². The SMILES string of the molecule is C=C1/C(=C\C(=C/C)OC)C(=O)c2cc(O)ccc21. The highest BCUT2D eigenvalue weighted by Crippen LogP contribution is 2.37. The zero-order chi connectivity index (χ0) is 13.3. The number of carbonyl (C=O) groups is 1. The molecule has 0 aromatic heterocycles. The maximum Gasteiger partial charge on any atom is 0.194 e. The molecular formula is C15H14O3. The third-order valence-corrected chi connectivity index (χ3v) is 2.95. The maximum atomic E-state index is 12.2. The van der Waals surface area contributed by atoms with E-state index in [4.69, 9.17) is 4.74 Å². The molecule has 3 heteroatoms. The van der Waals surface area contributed by atoms with E-state index in [1.54, 1.807) is 31.4 Å². The van der Waals surface area contributed by atoms with E-state index in [1.165, 1.54) is 6.07 Å². The van der Waals surface area contributed by atoms with E-state index in [0.717, 1.165) is 5.56 Å². The van der Waals surface area contributed by atoms with Gasteiger partial charge in [-0.2, -0.15) is 0 Å². The summed E-state index contributed by atoms with van der Waals surface area (Å²) in [6.45, 7) is 5.76. The van der Waals surface area contributed by atoms with E-state index in [-0.39, 0.29) is 11.5 Å². The standard InChI is InChI=1S/C15H14O3/c1-4-11(18-3)8-13-9(2)12-6-5-10(16)7-14(12)15(13)17/h4-8,16H,2H2,1,3H3/b11-4+,13-8+. The summed E-state index contributed by atoms with van der Waals surface area (Å²) in [4.78, 5) is 12.2. The zero-order valence-electron chi connectivity index (χ0n) is 10.4. The largest absolute Gasteiger partial charge is 0.508 e. The average Bonchev–Trinajstić information content (AvgIpc) is 2.60. The second-order valence-electron chi connectivity index (χ2n) is 3.99. The fourth-order valence-corrected chi connectivity index (χ4v) is 1.97. The monoisotopic (exact) mass is 242 g/mol. The lowest BCUT2D eigenvalue weighted by Crippen LogP contribution is -1.96. The minimum atomic E-state index is -0.137. The number of benzene rings is 1. The number of phenolic OH excluding ortho intramolecular Hbond substituents is 1. The van der Waals surface area contributed by atoms with Crippen LogP contribution in [0.1, 0.15) is 22.8 Å². The van der Waals surface area contributed by atoms with Crippen molar-refractivity contribution in [2.45, 2.75) is 6.92 Å². The molecule has 0 saturated carbocycles. The van der Waals surface area contributed by atoms with Gasteiger partial charge in [-0.1, -0.05) is 6.58 Å². The predicted octanol–water partition coefficient (Wildman–Crippen LogP) is 3.08. The predicted molar refractivity (Wildman–Crippen MR) is 70.3 cm³/mol. The molecule has 0 fully saturated rings. The summed E-state index contributed by atoms with van der Waals surface area (Å²) in [7, 11) is 1.55. The Bertz CT molecular complexity index is 592. The number of Topliss-reactive ketones (excluding diaryl/α,β-unsaturated/α-hetero) is 1. The Kier molecular flexibility index (Phi) is 3.06. The highest BCUT2D eigenvalue weighted by molar-refractivity contribution is 6.26. The molecule has 1 aliphatic carbocycles. The summed E-state index contributed by atoms with van der Waals surface area (Å²) >= 11 is 0. The fourth-order valence-electron chi connectivity index (χ4n) is 1.97. The first-order valence-electron chi connectivity index (χ1n) is 5.58. The molecule has 92 valence electrons. The normalized spacial score (nSPS) is 17.2. The second kappa shape index (κ2) is 4.53. The number of phenols is 1. The lowest BCUT2D eigenvalue weighted by molar-refractivity contribution is 0.104. The molecule has 0 radical (unpaired) electrons. The van der Waals surface area contributed by atoms with Crippen molar-refractivity contribution in [3.8, 4) is 5.75 Å². The van der Waals surface area contributed by atoms with Gasteiger partial charge in [0.15, 0.2) is 5.78 Å². The van der Waals surface area contributed by atoms with Crippen molar-refractivity contribution in [1.29, 1.82) is 0 Å². The Labute approximate surface area is 106 Å². The van der Waals surface area contributed by atoms with Crippen LogP contribution in [0.4, 0.5) is 0 Å². The second-order valence-corrected chi connectivity index (χ2v) is 3.99. The van der Waals surface area contributed by atoms with Gasteiger partial charge in [0.05, 0.1) is 7.11 Å². The molecule has 3 nitrogen and oxygen atoms in total. The molecule has 0 spiro atoms. The quantitative estimate of drug-likeness (QED) is 0.640. The Morgan fingerprint density at radius 1 is 1.39 bits per heavy atom. The number of ether oxygens (including phenoxy) is 1. The van der Waals surface area contributed by atoms with Gasteiger partial charge in [-0.05, 0) is 48.4 Å². The van der Waals surface area contributed by atoms with E-state index in [9.17, 15) is 9.90 Å². The molecule has 1 aromatic rings. The van der Waals surface area contributed by atoms with Crippen LogP contribution < -0.4 is 0 Å². The van der Waals surface area contributed by atoms with Gasteiger partial charge in [-0.25, -0.2) is 0 Å². The molecule has 1 aliphatic rings. The fraction of sp³-hybridized carbons (Fsp3) is 0.133. The highest BCUT2D eigenvalue weighted by atomic mass is 16.5. The van der Waals surface area contributed by atoms with Crippen LogP contribution in [-0.4, -0.2) is 18.0 Å². The van der Waals surface area contributed by atoms with Crippen LogP contribution in [0.2, 0.25) is 0 Å². The maximum absolute atomic E-state index is 12.2. The topological polar surface area (TPSA) is 46.5 Å². The van der Waals surface area contributed by atoms with Gasteiger partial charge in [0, 0.05) is 11.1 Å². The number of allylic oxidation sites excluding steroid dienone is 4. The van der Waals surface area contributed by atoms with Crippen LogP contribution in [0, 0.1) is 0 Å². The van der Waals surface area contributed by atoms with Gasteiger partial charge >= 0.3 is 0 Å². The Morgan fingerprint density at radius 3 is 2.72 bits per heavy atom. The molecule has 2 rings (SSSR count). The Morgan fingerprint density at radius 2 is 2.11 bits per heavy atom. The molecule has 0 unspecified atom stereocenters. The number of methoxy groups -OCH3 is 1. The van der Waals surface area contributed by atoms with E-state index in [0.29, 0.717) is 22.5 Å². The number of hydrogen-bond donors (Lipinski definition) is 1. The number of ketones is 1. The molecule has 0 heterocycles. The molecule has 0 bridgehead atoms. The third kappa shape index (κ3) is 1.84.